The molecule has 2 saturated carbocycles. The molecule has 0 amide bonds. The van der Waals surface area contributed by atoms with Gasteiger partial charge in [0.1, 0.15) is 6.29 Å². The molecule has 0 atom stereocenters. The lowest BCUT2D eigenvalue weighted by Gasteiger charge is -2.41. The summed E-state index contributed by atoms with van der Waals surface area (Å²) in [7, 11) is 0. The number of hydrogen-bond donors (Lipinski definition) is 0. The summed E-state index contributed by atoms with van der Waals surface area (Å²) < 4.78 is 0. The maximum absolute atomic E-state index is 11.0. The number of rotatable bonds is 3. The van der Waals surface area contributed by atoms with Gasteiger partial charge in [0, 0.05) is 5.41 Å². The molecular formula is C13H22O. The van der Waals surface area contributed by atoms with Crippen LogP contribution in [0.4, 0.5) is 0 Å². The molecule has 0 spiro atoms. The van der Waals surface area contributed by atoms with Crippen molar-refractivity contribution in [2.24, 2.45) is 17.3 Å². The molecule has 0 aromatic rings. The topological polar surface area (TPSA) is 17.1 Å². The minimum Gasteiger partial charge on any atom is -0.303 e. The van der Waals surface area contributed by atoms with Gasteiger partial charge in [-0.3, -0.25) is 0 Å². The van der Waals surface area contributed by atoms with Crippen LogP contribution in [0.15, 0.2) is 0 Å². The van der Waals surface area contributed by atoms with E-state index in [0.29, 0.717) is 0 Å². The molecule has 1 nitrogen and oxygen atoms in total. The fourth-order valence-corrected chi connectivity index (χ4v) is 3.11. The molecule has 2 aliphatic rings. The minimum absolute atomic E-state index is 0.130. The summed E-state index contributed by atoms with van der Waals surface area (Å²) in [5, 5.41) is 0. The zero-order chi connectivity index (χ0) is 10.0. The normalized spacial score (nSPS) is 36.1. The smallest absolute Gasteiger partial charge is 0.126 e. The number of carbonyl (C=O) groups is 1. The molecule has 80 valence electrons. The monoisotopic (exact) mass is 194 g/mol. The number of hydrogen-bond acceptors (Lipinski definition) is 1. The van der Waals surface area contributed by atoms with E-state index < -0.39 is 0 Å². The largest absolute Gasteiger partial charge is 0.303 e. The average Bonchev–Trinajstić information content (AvgIpc) is 2.15. The van der Waals surface area contributed by atoms with E-state index in [-0.39, 0.29) is 5.41 Å². The van der Waals surface area contributed by atoms with Gasteiger partial charge in [-0.2, -0.15) is 0 Å². The van der Waals surface area contributed by atoms with E-state index in [1.54, 1.807) is 0 Å². The van der Waals surface area contributed by atoms with Gasteiger partial charge in [-0.1, -0.05) is 39.0 Å². The second-order valence-corrected chi connectivity index (χ2v) is 5.66. The lowest BCUT2D eigenvalue weighted by Crippen LogP contribution is -2.34. The van der Waals surface area contributed by atoms with Crippen LogP contribution < -0.4 is 0 Å². The van der Waals surface area contributed by atoms with Crippen LogP contribution in [0.3, 0.4) is 0 Å². The second-order valence-electron chi connectivity index (χ2n) is 5.66. The van der Waals surface area contributed by atoms with Gasteiger partial charge in [-0.15, -0.1) is 0 Å². The molecule has 0 unspecified atom stereocenters. The third-order valence-electron chi connectivity index (χ3n) is 4.43. The van der Waals surface area contributed by atoms with Gasteiger partial charge in [-0.05, 0) is 31.1 Å². The summed E-state index contributed by atoms with van der Waals surface area (Å²) >= 11 is 0. The molecule has 1 heteroatoms. The fraction of sp³-hybridized carbons (Fsp3) is 0.923. The van der Waals surface area contributed by atoms with Crippen LogP contribution in [0.2, 0.25) is 0 Å². The van der Waals surface area contributed by atoms with Crippen LogP contribution in [0, 0.1) is 17.3 Å². The molecule has 0 aliphatic heterocycles. The summed E-state index contributed by atoms with van der Waals surface area (Å²) in [6.45, 7) is 2.36. The van der Waals surface area contributed by atoms with Gasteiger partial charge in [0.05, 0.1) is 0 Å². The standard InChI is InChI=1S/C13H22O/c1-11-3-5-12(6-4-11)9-13(10-14)7-2-8-13/h10-12H,2-9H2,1H3. The van der Waals surface area contributed by atoms with Crippen molar-refractivity contribution in [1.82, 2.24) is 0 Å². The summed E-state index contributed by atoms with van der Waals surface area (Å²) in [5.74, 6) is 1.79. The number of carbonyl (C=O) groups excluding carboxylic acids is 1. The van der Waals surface area contributed by atoms with Crippen molar-refractivity contribution in [3.63, 3.8) is 0 Å². The van der Waals surface area contributed by atoms with Crippen molar-refractivity contribution in [1.29, 1.82) is 0 Å². The van der Waals surface area contributed by atoms with E-state index in [2.05, 4.69) is 6.92 Å². The quantitative estimate of drug-likeness (QED) is 0.628. The molecule has 2 aliphatic carbocycles. The Kier molecular flexibility index (Phi) is 2.94. The maximum atomic E-state index is 11.0. The Morgan fingerprint density at radius 1 is 1.21 bits per heavy atom. The highest BCUT2D eigenvalue weighted by atomic mass is 16.1. The van der Waals surface area contributed by atoms with Crippen LogP contribution in [0.5, 0.6) is 0 Å². The van der Waals surface area contributed by atoms with Gasteiger partial charge in [0.25, 0.3) is 0 Å². The summed E-state index contributed by atoms with van der Waals surface area (Å²) in [6.07, 6.45) is 11.6. The molecule has 0 bridgehead atoms. The van der Waals surface area contributed by atoms with E-state index in [1.807, 2.05) is 0 Å². The zero-order valence-corrected chi connectivity index (χ0v) is 9.30. The third-order valence-corrected chi connectivity index (χ3v) is 4.43. The minimum atomic E-state index is 0.130. The summed E-state index contributed by atoms with van der Waals surface area (Å²) in [4.78, 5) is 11.0. The Labute approximate surface area is 87.3 Å². The van der Waals surface area contributed by atoms with E-state index >= 15 is 0 Å². The van der Waals surface area contributed by atoms with Crippen LogP contribution in [-0.4, -0.2) is 6.29 Å². The Morgan fingerprint density at radius 2 is 1.86 bits per heavy atom. The van der Waals surface area contributed by atoms with E-state index in [1.165, 1.54) is 57.7 Å². The van der Waals surface area contributed by atoms with Crippen molar-refractivity contribution in [3.05, 3.63) is 0 Å². The predicted octanol–water partition coefficient (Wildman–Crippen LogP) is 3.57. The van der Waals surface area contributed by atoms with Crippen LogP contribution >= 0.6 is 0 Å². The highest BCUT2D eigenvalue weighted by molar-refractivity contribution is 5.60. The molecule has 0 aromatic carbocycles. The Morgan fingerprint density at radius 3 is 2.29 bits per heavy atom. The zero-order valence-electron chi connectivity index (χ0n) is 9.30. The molecular weight excluding hydrogens is 172 g/mol. The molecule has 2 rings (SSSR count). The van der Waals surface area contributed by atoms with Gasteiger partial charge in [0.2, 0.25) is 0 Å². The number of aldehydes is 1. The molecule has 0 saturated heterocycles. The Balaban J connectivity index is 1.82. The van der Waals surface area contributed by atoms with Gasteiger partial charge in [-0.25, -0.2) is 0 Å². The highest BCUT2D eigenvalue weighted by Gasteiger charge is 2.39. The Bertz CT molecular complexity index is 197. The van der Waals surface area contributed by atoms with Crippen molar-refractivity contribution in [2.45, 2.75) is 58.3 Å². The summed E-state index contributed by atoms with van der Waals surface area (Å²) in [5.41, 5.74) is 0.130. The third kappa shape index (κ3) is 2.02. The van der Waals surface area contributed by atoms with E-state index in [9.17, 15) is 4.79 Å². The first-order valence-corrected chi connectivity index (χ1v) is 6.20. The van der Waals surface area contributed by atoms with Crippen molar-refractivity contribution >= 4 is 6.29 Å². The molecule has 2 fully saturated rings. The molecule has 0 radical (unpaired) electrons. The first kappa shape index (κ1) is 10.2. The van der Waals surface area contributed by atoms with Gasteiger partial charge < -0.3 is 4.79 Å². The SMILES string of the molecule is CC1CCC(CC2(C=O)CCC2)CC1. The molecule has 14 heavy (non-hydrogen) atoms. The van der Waals surface area contributed by atoms with Gasteiger partial charge in [0.15, 0.2) is 0 Å². The van der Waals surface area contributed by atoms with Crippen LogP contribution in [0.1, 0.15) is 58.3 Å². The second kappa shape index (κ2) is 4.04. The van der Waals surface area contributed by atoms with Crippen molar-refractivity contribution in [2.75, 3.05) is 0 Å². The van der Waals surface area contributed by atoms with E-state index in [4.69, 9.17) is 0 Å². The van der Waals surface area contributed by atoms with Gasteiger partial charge >= 0.3 is 0 Å². The van der Waals surface area contributed by atoms with E-state index in [0.717, 1.165) is 11.8 Å². The van der Waals surface area contributed by atoms with Crippen LogP contribution in [-0.2, 0) is 4.79 Å². The lowest BCUT2D eigenvalue weighted by molar-refractivity contribution is -0.122. The fourth-order valence-electron chi connectivity index (χ4n) is 3.11. The predicted molar refractivity (Wildman–Crippen MR) is 58.1 cm³/mol. The van der Waals surface area contributed by atoms with Crippen molar-refractivity contribution in [3.8, 4) is 0 Å². The van der Waals surface area contributed by atoms with Crippen LogP contribution in [0.25, 0.3) is 0 Å². The highest BCUT2D eigenvalue weighted by Crippen LogP contribution is 2.47. The first-order chi connectivity index (χ1) is 6.74. The summed E-state index contributed by atoms with van der Waals surface area (Å²) in [6, 6.07) is 0. The maximum Gasteiger partial charge on any atom is 0.126 e. The first-order valence-electron chi connectivity index (χ1n) is 6.20. The Hall–Kier alpha value is -0.330. The van der Waals surface area contributed by atoms with Crippen molar-refractivity contribution < 1.29 is 4.79 Å². The lowest BCUT2D eigenvalue weighted by atomic mass is 9.63. The molecule has 0 N–H and O–H groups in total. The molecule has 0 heterocycles. The average molecular weight is 194 g/mol. The molecule has 0 aromatic heterocycles.